The fourth-order valence-corrected chi connectivity index (χ4v) is 5.60. The molecule has 0 aromatic heterocycles. The Kier molecular flexibility index (Phi) is 6.15. The number of thioether (sulfide) groups is 1. The molecule has 2 aliphatic heterocycles. The Morgan fingerprint density at radius 1 is 1.27 bits per heavy atom. The zero-order valence-corrected chi connectivity index (χ0v) is 18.0. The van der Waals surface area contributed by atoms with Gasteiger partial charge in [0.1, 0.15) is 17.8 Å². The number of allylic oxidation sites excluding steroid dienone is 1. The van der Waals surface area contributed by atoms with E-state index in [4.69, 9.17) is 9.47 Å². The standard InChI is InChI=1S/C22H26N2O5S/c1-28-16-6-5-14-8-13(9-15(14)11-16)10-18(25)20-19(23-12-30-20)21(26)24-7-3-4-17(24)22(27)29-2/h5-6,9,11,17,19-20,23H,3-4,7-8,10,12H2,1-2H3/t17-,19-,20?/m0/s1. The third-order valence-corrected chi connectivity index (χ3v) is 7.22. The highest BCUT2D eigenvalue weighted by molar-refractivity contribution is 8.00. The maximum atomic E-state index is 13.1. The molecule has 160 valence electrons. The summed E-state index contributed by atoms with van der Waals surface area (Å²) in [5.41, 5.74) is 3.32. The Balaban J connectivity index is 1.43. The number of Topliss-reactive ketones (excluding diaryl/α,β-unsaturated/α-hetero) is 1. The van der Waals surface area contributed by atoms with Crippen molar-refractivity contribution < 1.29 is 23.9 Å². The highest BCUT2D eigenvalue weighted by atomic mass is 32.2. The summed E-state index contributed by atoms with van der Waals surface area (Å²) < 4.78 is 10.1. The van der Waals surface area contributed by atoms with Crippen molar-refractivity contribution in [2.45, 2.75) is 43.0 Å². The number of rotatable bonds is 6. The molecule has 0 spiro atoms. The first-order valence-corrected chi connectivity index (χ1v) is 11.2. The molecule has 0 radical (unpaired) electrons. The van der Waals surface area contributed by atoms with Crippen molar-refractivity contribution in [3.8, 4) is 5.75 Å². The second-order valence-corrected chi connectivity index (χ2v) is 8.94. The SMILES string of the molecule is COC(=O)[C@@H]1CCCN1C(=O)[C@H]1NCSC1C(=O)CC1=Cc2cc(OC)ccc2C1. The van der Waals surface area contributed by atoms with Crippen molar-refractivity contribution in [2.75, 3.05) is 26.6 Å². The Morgan fingerprint density at radius 2 is 2.10 bits per heavy atom. The highest BCUT2D eigenvalue weighted by Crippen LogP contribution is 2.33. The van der Waals surface area contributed by atoms with Crippen LogP contribution in [0.2, 0.25) is 0 Å². The van der Waals surface area contributed by atoms with Crippen LogP contribution in [0.3, 0.4) is 0 Å². The first-order chi connectivity index (χ1) is 14.5. The van der Waals surface area contributed by atoms with E-state index in [1.807, 2.05) is 24.3 Å². The van der Waals surface area contributed by atoms with Gasteiger partial charge in [-0.3, -0.25) is 14.9 Å². The lowest BCUT2D eigenvalue weighted by atomic mass is 10.0. The molecule has 3 aliphatic rings. The number of methoxy groups -OCH3 is 2. The van der Waals surface area contributed by atoms with Crippen LogP contribution in [0.15, 0.2) is 23.8 Å². The molecule has 4 rings (SSSR count). The van der Waals surface area contributed by atoms with Gasteiger partial charge >= 0.3 is 5.97 Å². The van der Waals surface area contributed by atoms with E-state index in [9.17, 15) is 14.4 Å². The van der Waals surface area contributed by atoms with Gasteiger partial charge in [0.15, 0.2) is 5.78 Å². The molecule has 1 N–H and O–H groups in total. The smallest absolute Gasteiger partial charge is 0.328 e. The fraction of sp³-hybridized carbons (Fsp3) is 0.500. The molecule has 2 fully saturated rings. The van der Waals surface area contributed by atoms with E-state index in [-0.39, 0.29) is 11.7 Å². The predicted molar refractivity (Wildman–Crippen MR) is 114 cm³/mol. The van der Waals surface area contributed by atoms with Gasteiger partial charge in [0.05, 0.1) is 19.5 Å². The number of hydrogen-bond donors (Lipinski definition) is 1. The maximum absolute atomic E-state index is 13.1. The molecule has 7 nitrogen and oxygen atoms in total. The molecule has 1 aliphatic carbocycles. The summed E-state index contributed by atoms with van der Waals surface area (Å²) in [7, 11) is 2.97. The summed E-state index contributed by atoms with van der Waals surface area (Å²) in [5.74, 6) is 0.811. The summed E-state index contributed by atoms with van der Waals surface area (Å²) in [6.07, 6.45) is 4.48. The van der Waals surface area contributed by atoms with Gasteiger partial charge in [-0.25, -0.2) is 4.79 Å². The number of hydrogen-bond acceptors (Lipinski definition) is 7. The molecule has 30 heavy (non-hydrogen) atoms. The van der Waals surface area contributed by atoms with Crippen molar-refractivity contribution in [3.05, 3.63) is 34.9 Å². The zero-order chi connectivity index (χ0) is 21.3. The van der Waals surface area contributed by atoms with Crippen LogP contribution in [0.25, 0.3) is 6.08 Å². The summed E-state index contributed by atoms with van der Waals surface area (Å²) in [4.78, 5) is 39.8. The second kappa shape index (κ2) is 8.81. The van der Waals surface area contributed by atoms with Gasteiger partial charge < -0.3 is 14.4 Å². The highest BCUT2D eigenvalue weighted by Gasteiger charge is 2.44. The first kappa shape index (κ1) is 20.9. The van der Waals surface area contributed by atoms with Crippen LogP contribution in [0.5, 0.6) is 5.75 Å². The Bertz CT molecular complexity index is 900. The molecule has 0 bridgehead atoms. The first-order valence-electron chi connectivity index (χ1n) is 10.1. The van der Waals surface area contributed by atoms with Gasteiger partial charge in [0.25, 0.3) is 0 Å². The number of likely N-dealkylation sites (tertiary alicyclic amines) is 1. The molecule has 1 aromatic carbocycles. The average molecular weight is 431 g/mol. The quantitative estimate of drug-likeness (QED) is 0.689. The number of ketones is 1. The van der Waals surface area contributed by atoms with Crippen LogP contribution in [-0.4, -0.2) is 66.5 Å². The van der Waals surface area contributed by atoms with Crippen molar-refractivity contribution >= 4 is 35.5 Å². The summed E-state index contributed by atoms with van der Waals surface area (Å²) in [6, 6.07) is 4.78. The molecule has 3 atom stereocenters. The van der Waals surface area contributed by atoms with Crippen LogP contribution in [0, 0.1) is 0 Å². The van der Waals surface area contributed by atoms with Crippen molar-refractivity contribution in [1.29, 1.82) is 0 Å². The number of carbonyl (C=O) groups excluding carboxylic acids is 3. The number of carbonyl (C=O) groups is 3. The Labute approximate surface area is 180 Å². The molecule has 2 saturated heterocycles. The van der Waals surface area contributed by atoms with E-state index in [1.54, 1.807) is 12.0 Å². The third kappa shape index (κ3) is 3.98. The summed E-state index contributed by atoms with van der Waals surface area (Å²) in [5, 5.41) is 2.71. The van der Waals surface area contributed by atoms with Gasteiger partial charge in [-0.05, 0) is 42.5 Å². The molecule has 1 unspecified atom stereocenters. The van der Waals surface area contributed by atoms with E-state index in [1.165, 1.54) is 24.4 Å². The van der Waals surface area contributed by atoms with E-state index in [2.05, 4.69) is 5.32 Å². The summed E-state index contributed by atoms with van der Waals surface area (Å²) in [6.45, 7) is 0.519. The van der Waals surface area contributed by atoms with Crippen molar-refractivity contribution in [2.24, 2.45) is 0 Å². The van der Waals surface area contributed by atoms with Crippen LogP contribution in [0.1, 0.15) is 30.4 Å². The van der Waals surface area contributed by atoms with E-state index >= 15 is 0 Å². The number of amides is 1. The van der Waals surface area contributed by atoms with Crippen LogP contribution in [-0.2, 0) is 25.5 Å². The van der Waals surface area contributed by atoms with Crippen LogP contribution >= 0.6 is 11.8 Å². The second-order valence-electron chi connectivity index (χ2n) is 7.81. The predicted octanol–water partition coefficient (Wildman–Crippen LogP) is 1.79. The minimum absolute atomic E-state index is 0.0446. The lowest BCUT2D eigenvalue weighted by molar-refractivity contribution is -0.151. The van der Waals surface area contributed by atoms with Crippen molar-refractivity contribution in [1.82, 2.24) is 10.2 Å². The fourth-order valence-electron chi connectivity index (χ4n) is 4.47. The van der Waals surface area contributed by atoms with Gasteiger partial charge in [0.2, 0.25) is 5.91 Å². The van der Waals surface area contributed by atoms with E-state index in [0.29, 0.717) is 25.3 Å². The monoisotopic (exact) mass is 430 g/mol. The third-order valence-electron chi connectivity index (χ3n) is 5.99. The lowest BCUT2D eigenvalue weighted by Crippen LogP contribution is -2.53. The number of ether oxygens (including phenoxy) is 2. The maximum Gasteiger partial charge on any atom is 0.328 e. The van der Waals surface area contributed by atoms with Crippen LogP contribution < -0.4 is 10.1 Å². The average Bonchev–Trinajstić information content (AvgIpc) is 3.50. The largest absolute Gasteiger partial charge is 0.497 e. The van der Waals surface area contributed by atoms with E-state index < -0.39 is 23.3 Å². The normalized spacial score (nSPS) is 25.1. The molecule has 2 heterocycles. The molecular weight excluding hydrogens is 404 g/mol. The number of benzene rings is 1. The molecule has 1 aromatic rings. The Hall–Kier alpha value is -2.32. The minimum Gasteiger partial charge on any atom is -0.497 e. The van der Waals surface area contributed by atoms with Gasteiger partial charge in [0, 0.05) is 18.8 Å². The van der Waals surface area contributed by atoms with Gasteiger partial charge in [-0.1, -0.05) is 17.7 Å². The number of nitrogens with one attached hydrogen (secondary N) is 1. The van der Waals surface area contributed by atoms with Gasteiger partial charge in [-0.15, -0.1) is 11.8 Å². The Morgan fingerprint density at radius 3 is 2.87 bits per heavy atom. The molecular formula is C22H26N2O5S. The summed E-state index contributed by atoms with van der Waals surface area (Å²) >= 11 is 1.46. The lowest BCUT2D eigenvalue weighted by Gasteiger charge is -2.27. The van der Waals surface area contributed by atoms with Gasteiger partial charge in [-0.2, -0.15) is 0 Å². The number of nitrogens with zero attached hydrogens (tertiary/aromatic N) is 1. The van der Waals surface area contributed by atoms with Crippen LogP contribution in [0.4, 0.5) is 0 Å². The minimum atomic E-state index is -0.600. The molecule has 0 saturated carbocycles. The number of esters is 1. The topological polar surface area (TPSA) is 84.9 Å². The number of fused-ring (bicyclic) bond motifs is 1. The van der Waals surface area contributed by atoms with Crippen molar-refractivity contribution in [3.63, 3.8) is 0 Å². The molecule has 1 amide bonds. The molecule has 8 heteroatoms. The zero-order valence-electron chi connectivity index (χ0n) is 17.2. The van der Waals surface area contributed by atoms with E-state index in [0.717, 1.165) is 29.7 Å².